The van der Waals surface area contributed by atoms with Gasteiger partial charge in [0.15, 0.2) is 17.5 Å². The number of nitrogens with zero attached hydrogens (tertiary/aromatic N) is 5. The summed E-state index contributed by atoms with van der Waals surface area (Å²) in [5, 5.41) is 4.96. The van der Waals surface area contributed by atoms with Gasteiger partial charge < -0.3 is 20.4 Å². The van der Waals surface area contributed by atoms with Crippen molar-refractivity contribution in [1.29, 1.82) is 0 Å². The van der Waals surface area contributed by atoms with E-state index in [1.165, 1.54) is 6.07 Å². The molecule has 134 valence electrons. The number of amides is 2. The zero-order chi connectivity index (χ0) is 18.6. The maximum atomic E-state index is 13.1. The Balaban J connectivity index is 2.04. The third kappa shape index (κ3) is 4.96. The van der Waals surface area contributed by atoms with Gasteiger partial charge in [-0.2, -0.15) is 15.0 Å². The molecule has 0 spiro atoms. The second-order valence-corrected chi connectivity index (χ2v) is 5.58. The molecule has 0 saturated heterocycles. The Hall–Kier alpha value is -3.04. The number of aromatic nitrogens is 3. The zero-order valence-electron chi connectivity index (χ0n) is 14.3. The van der Waals surface area contributed by atoms with Gasteiger partial charge in [0.2, 0.25) is 11.9 Å². The van der Waals surface area contributed by atoms with Gasteiger partial charge in [0.05, 0.1) is 6.54 Å². The third-order valence-electron chi connectivity index (χ3n) is 3.04. The Labute approximate surface area is 143 Å². The second kappa shape index (κ2) is 7.69. The highest BCUT2D eigenvalue weighted by Gasteiger charge is 2.11. The van der Waals surface area contributed by atoms with Crippen molar-refractivity contribution in [3.05, 3.63) is 35.7 Å². The molecule has 8 nitrogen and oxygen atoms in total. The summed E-state index contributed by atoms with van der Waals surface area (Å²) in [6.45, 7) is 0.0414. The number of carbonyl (C=O) groups is 1. The van der Waals surface area contributed by atoms with E-state index in [1.54, 1.807) is 38.0 Å². The Morgan fingerprint density at radius 3 is 2.12 bits per heavy atom. The van der Waals surface area contributed by atoms with Gasteiger partial charge in [-0.25, -0.2) is 13.6 Å². The van der Waals surface area contributed by atoms with E-state index in [0.29, 0.717) is 17.7 Å². The summed E-state index contributed by atoms with van der Waals surface area (Å²) in [7, 11) is 7.17. The standard InChI is InChI=1S/C15H19F2N7O/c1-23(2)13-20-12(21-14(22-13)24(3)4)8-18-15(25)19-9-5-6-10(16)11(17)7-9/h5-7H,8H2,1-4H3,(H2,18,19,25). The quantitative estimate of drug-likeness (QED) is 0.851. The summed E-state index contributed by atoms with van der Waals surface area (Å²) in [6, 6.07) is 2.50. The average molecular weight is 351 g/mol. The van der Waals surface area contributed by atoms with Gasteiger partial charge in [-0.1, -0.05) is 0 Å². The van der Waals surface area contributed by atoms with Crippen molar-refractivity contribution < 1.29 is 13.6 Å². The van der Waals surface area contributed by atoms with E-state index in [-0.39, 0.29) is 12.2 Å². The van der Waals surface area contributed by atoms with Crippen LogP contribution in [0.25, 0.3) is 0 Å². The fourth-order valence-electron chi connectivity index (χ4n) is 1.78. The van der Waals surface area contributed by atoms with Crippen molar-refractivity contribution in [3.63, 3.8) is 0 Å². The summed E-state index contributed by atoms with van der Waals surface area (Å²) < 4.78 is 26.0. The Kier molecular flexibility index (Phi) is 5.63. The number of hydrogen-bond donors (Lipinski definition) is 2. The summed E-state index contributed by atoms with van der Waals surface area (Å²) in [5.41, 5.74) is 0.134. The van der Waals surface area contributed by atoms with E-state index in [4.69, 9.17) is 0 Å². The molecule has 0 bridgehead atoms. The van der Waals surface area contributed by atoms with Crippen molar-refractivity contribution in [3.8, 4) is 0 Å². The topological polar surface area (TPSA) is 86.3 Å². The van der Waals surface area contributed by atoms with Crippen molar-refractivity contribution in [2.75, 3.05) is 43.3 Å². The van der Waals surface area contributed by atoms with Gasteiger partial charge in [0.1, 0.15) is 0 Å². The van der Waals surface area contributed by atoms with Crippen LogP contribution in [-0.2, 0) is 6.54 Å². The smallest absolute Gasteiger partial charge is 0.319 e. The Morgan fingerprint density at radius 2 is 1.60 bits per heavy atom. The number of carbonyl (C=O) groups excluding carboxylic acids is 1. The van der Waals surface area contributed by atoms with Crippen molar-refractivity contribution >= 4 is 23.6 Å². The van der Waals surface area contributed by atoms with E-state index >= 15 is 0 Å². The van der Waals surface area contributed by atoms with E-state index in [9.17, 15) is 13.6 Å². The van der Waals surface area contributed by atoms with Gasteiger partial charge in [0, 0.05) is 39.9 Å². The van der Waals surface area contributed by atoms with E-state index in [2.05, 4.69) is 25.6 Å². The Morgan fingerprint density at radius 1 is 1.00 bits per heavy atom. The molecule has 0 radical (unpaired) electrons. The zero-order valence-corrected chi connectivity index (χ0v) is 14.3. The van der Waals surface area contributed by atoms with Crippen LogP contribution in [0.5, 0.6) is 0 Å². The van der Waals surface area contributed by atoms with Gasteiger partial charge in [-0.05, 0) is 12.1 Å². The number of hydrogen-bond acceptors (Lipinski definition) is 6. The second-order valence-electron chi connectivity index (χ2n) is 5.58. The number of rotatable bonds is 5. The molecule has 0 aliphatic carbocycles. The highest BCUT2D eigenvalue weighted by molar-refractivity contribution is 5.89. The van der Waals surface area contributed by atoms with E-state index in [0.717, 1.165) is 12.1 Å². The van der Waals surface area contributed by atoms with E-state index in [1.807, 2.05) is 0 Å². The molecule has 25 heavy (non-hydrogen) atoms. The molecule has 1 aromatic carbocycles. The molecule has 0 saturated carbocycles. The maximum absolute atomic E-state index is 13.1. The van der Waals surface area contributed by atoms with Gasteiger partial charge in [0.25, 0.3) is 0 Å². The molecule has 2 rings (SSSR count). The highest BCUT2D eigenvalue weighted by atomic mass is 19.2. The van der Waals surface area contributed by atoms with Crippen LogP contribution in [0.15, 0.2) is 18.2 Å². The van der Waals surface area contributed by atoms with Crippen LogP contribution in [0, 0.1) is 11.6 Å². The molecule has 2 aromatic rings. The molecule has 0 fully saturated rings. The first-order valence-corrected chi connectivity index (χ1v) is 7.35. The molecule has 10 heteroatoms. The maximum Gasteiger partial charge on any atom is 0.319 e. The number of urea groups is 1. The molecule has 2 N–H and O–H groups in total. The van der Waals surface area contributed by atoms with Crippen LogP contribution in [0.3, 0.4) is 0 Å². The Bertz CT molecular complexity index is 741. The lowest BCUT2D eigenvalue weighted by Gasteiger charge is -2.16. The van der Waals surface area contributed by atoms with Crippen molar-refractivity contribution in [2.45, 2.75) is 6.54 Å². The fourth-order valence-corrected chi connectivity index (χ4v) is 1.78. The van der Waals surface area contributed by atoms with Crippen LogP contribution < -0.4 is 20.4 Å². The van der Waals surface area contributed by atoms with Gasteiger partial charge >= 0.3 is 6.03 Å². The highest BCUT2D eigenvalue weighted by Crippen LogP contribution is 2.13. The average Bonchev–Trinajstić information content (AvgIpc) is 2.56. The number of anilines is 3. The number of benzene rings is 1. The van der Waals surface area contributed by atoms with Crippen LogP contribution in [0.1, 0.15) is 5.82 Å². The monoisotopic (exact) mass is 351 g/mol. The normalized spacial score (nSPS) is 10.3. The molecule has 0 aliphatic heterocycles. The first-order chi connectivity index (χ1) is 11.8. The predicted molar refractivity (Wildman–Crippen MR) is 90.7 cm³/mol. The first kappa shape index (κ1) is 18.3. The fraction of sp³-hybridized carbons (Fsp3) is 0.333. The van der Waals surface area contributed by atoms with Gasteiger partial charge in [-0.15, -0.1) is 0 Å². The van der Waals surface area contributed by atoms with Crippen molar-refractivity contribution in [2.24, 2.45) is 0 Å². The minimum Gasteiger partial charge on any atom is -0.347 e. The minimum absolute atomic E-state index is 0.0414. The SMILES string of the molecule is CN(C)c1nc(CNC(=O)Nc2ccc(F)c(F)c2)nc(N(C)C)n1. The van der Waals surface area contributed by atoms with Crippen LogP contribution >= 0.6 is 0 Å². The molecular formula is C15H19F2N7O. The molecule has 0 unspecified atom stereocenters. The molecular weight excluding hydrogens is 332 g/mol. The lowest BCUT2D eigenvalue weighted by atomic mass is 10.3. The summed E-state index contributed by atoms with van der Waals surface area (Å²) in [6.07, 6.45) is 0. The number of halogens is 2. The van der Waals surface area contributed by atoms with Crippen molar-refractivity contribution in [1.82, 2.24) is 20.3 Å². The minimum atomic E-state index is -1.04. The van der Waals surface area contributed by atoms with Crippen LogP contribution in [-0.4, -0.2) is 49.2 Å². The third-order valence-corrected chi connectivity index (χ3v) is 3.04. The lowest BCUT2D eigenvalue weighted by Crippen LogP contribution is -2.30. The molecule has 0 aliphatic rings. The predicted octanol–water partition coefficient (Wildman–Crippen LogP) is 1.60. The van der Waals surface area contributed by atoms with E-state index < -0.39 is 17.7 Å². The first-order valence-electron chi connectivity index (χ1n) is 7.35. The molecule has 0 atom stereocenters. The summed E-state index contributed by atoms with van der Waals surface area (Å²) in [5.74, 6) is -0.749. The summed E-state index contributed by atoms with van der Waals surface area (Å²) >= 11 is 0. The molecule has 1 aromatic heterocycles. The molecule has 1 heterocycles. The van der Waals surface area contributed by atoms with Gasteiger partial charge in [-0.3, -0.25) is 0 Å². The summed E-state index contributed by atoms with van der Waals surface area (Å²) in [4.78, 5) is 28.1. The van der Waals surface area contributed by atoms with Crippen LogP contribution in [0.2, 0.25) is 0 Å². The molecule has 2 amide bonds. The number of nitrogens with one attached hydrogen (secondary N) is 2. The lowest BCUT2D eigenvalue weighted by molar-refractivity contribution is 0.251. The van der Waals surface area contributed by atoms with Crippen LogP contribution in [0.4, 0.5) is 31.2 Å². The largest absolute Gasteiger partial charge is 0.347 e.